The molecule has 0 aliphatic heterocycles. The number of carbonyl (C=O) groups excluding carboxylic acids is 2. The van der Waals surface area contributed by atoms with Crippen LogP contribution in [0.5, 0.6) is 0 Å². The van der Waals surface area contributed by atoms with Gasteiger partial charge < -0.3 is 4.74 Å². The molecule has 7 nitrogen and oxygen atoms in total. The summed E-state index contributed by atoms with van der Waals surface area (Å²) in [6.45, 7) is 2.01. The molecule has 2 aromatic carbocycles. The van der Waals surface area contributed by atoms with Crippen molar-refractivity contribution in [1.82, 2.24) is 14.8 Å². The van der Waals surface area contributed by atoms with E-state index in [1.807, 2.05) is 54.8 Å². The smallest absolute Gasteiger partial charge is 0.358 e. The van der Waals surface area contributed by atoms with E-state index in [1.54, 1.807) is 12.1 Å². The van der Waals surface area contributed by atoms with Crippen LogP contribution in [0.25, 0.3) is 16.9 Å². The van der Waals surface area contributed by atoms with Gasteiger partial charge in [0.05, 0.1) is 18.5 Å². The predicted molar refractivity (Wildman–Crippen MR) is 115 cm³/mol. The molecule has 1 amide bonds. The van der Waals surface area contributed by atoms with Crippen molar-refractivity contribution >= 4 is 28.3 Å². The molecule has 0 unspecified atom stereocenters. The number of nitrogens with one attached hydrogen (secondary N) is 1. The Morgan fingerprint density at radius 3 is 2.53 bits per heavy atom. The molecule has 0 spiro atoms. The molecule has 0 radical (unpaired) electrons. The zero-order valence-electron chi connectivity index (χ0n) is 16.3. The van der Waals surface area contributed by atoms with E-state index in [-0.39, 0.29) is 11.4 Å². The highest BCUT2D eigenvalue weighted by Crippen LogP contribution is 2.27. The first-order valence-electron chi connectivity index (χ1n) is 9.13. The lowest BCUT2D eigenvalue weighted by Crippen LogP contribution is -2.16. The average Bonchev–Trinajstić information content (AvgIpc) is 3.42. The molecule has 4 rings (SSSR count). The van der Waals surface area contributed by atoms with E-state index in [9.17, 15) is 9.59 Å². The Balaban J connectivity index is 1.65. The van der Waals surface area contributed by atoms with Crippen molar-refractivity contribution in [2.24, 2.45) is 0 Å². The van der Waals surface area contributed by atoms with E-state index in [4.69, 9.17) is 4.74 Å². The minimum Gasteiger partial charge on any atom is -0.464 e. The standard InChI is InChI=1S/C22H18N4O3S/c1-14-8-6-7-11-16(14)18-13-30-22(23-18)24-20(27)19-12-17(21(28)29-2)25-26(19)15-9-4-3-5-10-15/h3-13H,1-2H3,(H,23,24,27). The Hall–Kier alpha value is -3.78. The van der Waals surface area contributed by atoms with Crippen LogP contribution in [0.1, 0.15) is 26.5 Å². The number of anilines is 1. The van der Waals surface area contributed by atoms with Crippen LogP contribution in [-0.4, -0.2) is 33.8 Å². The van der Waals surface area contributed by atoms with Crippen molar-refractivity contribution in [2.75, 3.05) is 12.4 Å². The molecule has 1 N–H and O–H groups in total. The number of ether oxygens (including phenoxy) is 1. The molecule has 0 fully saturated rings. The topological polar surface area (TPSA) is 86.1 Å². The third-order valence-corrected chi connectivity index (χ3v) is 5.24. The summed E-state index contributed by atoms with van der Waals surface area (Å²) in [5.74, 6) is -1.04. The summed E-state index contributed by atoms with van der Waals surface area (Å²) in [6.07, 6.45) is 0. The molecule has 2 heterocycles. The molecule has 150 valence electrons. The van der Waals surface area contributed by atoms with Gasteiger partial charge >= 0.3 is 5.97 Å². The van der Waals surface area contributed by atoms with Crippen LogP contribution >= 0.6 is 11.3 Å². The van der Waals surface area contributed by atoms with E-state index in [0.717, 1.165) is 16.8 Å². The number of thiazole rings is 1. The Morgan fingerprint density at radius 2 is 1.80 bits per heavy atom. The summed E-state index contributed by atoms with van der Waals surface area (Å²) >= 11 is 1.33. The van der Waals surface area contributed by atoms with Crippen molar-refractivity contribution in [3.63, 3.8) is 0 Å². The van der Waals surface area contributed by atoms with E-state index in [2.05, 4.69) is 15.4 Å². The van der Waals surface area contributed by atoms with Crippen LogP contribution in [0.2, 0.25) is 0 Å². The number of nitrogens with zero attached hydrogens (tertiary/aromatic N) is 3. The Labute approximate surface area is 177 Å². The highest BCUT2D eigenvalue weighted by Gasteiger charge is 2.21. The van der Waals surface area contributed by atoms with Gasteiger partial charge in [-0.1, -0.05) is 42.5 Å². The maximum Gasteiger partial charge on any atom is 0.358 e. The number of rotatable bonds is 5. The molecule has 0 bridgehead atoms. The summed E-state index contributed by atoms with van der Waals surface area (Å²) in [4.78, 5) is 29.5. The van der Waals surface area contributed by atoms with E-state index in [1.165, 1.54) is 29.2 Å². The van der Waals surface area contributed by atoms with Crippen molar-refractivity contribution in [1.29, 1.82) is 0 Å². The average molecular weight is 418 g/mol. The maximum absolute atomic E-state index is 13.0. The Bertz CT molecular complexity index is 1210. The van der Waals surface area contributed by atoms with Gasteiger partial charge in [0.25, 0.3) is 5.91 Å². The van der Waals surface area contributed by atoms with Crippen LogP contribution < -0.4 is 5.32 Å². The van der Waals surface area contributed by atoms with Gasteiger partial charge in [-0.15, -0.1) is 11.3 Å². The number of aromatic nitrogens is 3. The quantitative estimate of drug-likeness (QED) is 0.487. The van der Waals surface area contributed by atoms with Gasteiger partial charge in [-0.25, -0.2) is 14.5 Å². The molecular weight excluding hydrogens is 400 g/mol. The first-order valence-corrected chi connectivity index (χ1v) is 10.0. The highest BCUT2D eigenvalue weighted by molar-refractivity contribution is 7.14. The van der Waals surface area contributed by atoms with Crippen molar-refractivity contribution < 1.29 is 14.3 Å². The van der Waals surface area contributed by atoms with Crippen LogP contribution in [-0.2, 0) is 4.74 Å². The predicted octanol–water partition coefficient (Wildman–Crippen LogP) is 4.34. The number of hydrogen-bond donors (Lipinski definition) is 1. The summed E-state index contributed by atoms with van der Waals surface area (Å²) in [5, 5.41) is 9.40. The van der Waals surface area contributed by atoms with Gasteiger partial charge in [0.2, 0.25) is 0 Å². The van der Waals surface area contributed by atoms with Gasteiger partial charge in [-0.3, -0.25) is 10.1 Å². The summed E-state index contributed by atoms with van der Waals surface area (Å²) in [6, 6.07) is 18.4. The fourth-order valence-corrected chi connectivity index (χ4v) is 3.70. The lowest BCUT2D eigenvalue weighted by atomic mass is 10.1. The van der Waals surface area contributed by atoms with Crippen LogP contribution in [0.4, 0.5) is 5.13 Å². The lowest BCUT2D eigenvalue weighted by Gasteiger charge is -2.06. The third kappa shape index (κ3) is 3.85. The number of aryl methyl sites for hydroxylation is 1. The van der Waals surface area contributed by atoms with Crippen molar-refractivity contribution in [3.8, 4) is 16.9 Å². The zero-order chi connectivity index (χ0) is 21.1. The van der Waals surface area contributed by atoms with Gasteiger partial charge in [0, 0.05) is 17.0 Å². The van der Waals surface area contributed by atoms with Crippen LogP contribution in [0.15, 0.2) is 66.0 Å². The van der Waals surface area contributed by atoms with E-state index >= 15 is 0 Å². The largest absolute Gasteiger partial charge is 0.464 e. The van der Waals surface area contributed by atoms with Gasteiger partial charge in [0.15, 0.2) is 10.8 Å². The molecule has 4 aromatic rings. The first kappa shape index (κ1) is 19.5. The molecule has 2 aromatic heterocycles. The second kappa shape index (κ2) is 8.30. The van der Waals surface area contributed by atoms with Crippen molar-refractivity contribution in [3.05, 3.63) is 83.0 Å². The van der Waals surface area contributed by atoms with E-state index in [0.29, 0.717) is 10.8 Å². The minimum absolute atomic E-state index is 0.0474. The Kier molecular flexibility index (Phi) is 5.40. The molecule has 0 aliphatic rings. The zero-order valence-corrected chi connectivity index (χ0v) is 17.1. The Morgan fingerprint density at radius 1 is 1.07 bits per heavy atom. The molecule has 0 atom stereocenters. The molecule has 0 saturated heterocycles. The molecular formula is C22H18N4O3S. The maximum atomic E-state index is 13.0. The summed E-state index contributed by atoms with van der Waals surface area (Å²) < 4.78 is 6.16. The van der Waals surface area contributed by atoms with Crippen molar-refractivity contribution in [2.45, 2.75) is 6.92 Å². The van der Waals surface area contributed by atoms with Crippen LogP contribution in [0, 0.1) is 6.92 Å². The minimum atomic E-state index is -0.616. The molecule has 0 aliphatic carbocycles. The lowest BCUT2D eigenvalue weighted by molar-refractivity contribution is 0.0593. The SMILES string of the molecule is COC(=O)c1cc(C(=O)Nc2nc(-c3ccccc3C)cs2)n(-c2ccccc2)n1. The first-order chi connectivity index (χ1) is 14.6. The number of hydrogen-bond acceptors (Lipinski definition) is 6. The van der Waals surface area contributed by atoms with E-state index < -0.39 is 11.9 Å². The fraction of sp³-hybridized carbons (Fsp3) is 0.0909. The third-order valence-electron chi connectivity index (χ3n) is 4.48. The number of para-hydroxylation sites is 1. The van der Waals surface area contributed by atoms with Crippen LogP contribution in [0.3, 0.4) is 0 Å². The van der Waals surface area contributed by atoms with Gasteiger partial charge in [0.1, 0.15) is 5.69 Å². The van der Waals surface area contributed by atoms with Gasteiger partial charge in [-0.2, -0.15) is 5.10 Å². The summed E-state index contributed by atoms with van der Waals surface area (Å²) in [7, 11) is 1.27. The summed E-state index contributed by atoms with van der Waals surface area (Å²) in [5.41, 5.74) is 3.81. The van der Waals surface area contributed by atoms with Gasteiger partial charge in [-0.05, 0) is 24.6 Å². The second-order valence-electron chi connectivity index (χ2n) is 6.46. The number of carbonyl (C=O) groups is 2. The second-order valence-corrected chi connectivity index (χ2v) is 7.32. The normalized spacial score (nSPS) is 10.6. The molecule has 0 saturated carbocycles. The monoisotopic (exact) mass is 418 g/mol. The fourth-order valence-electron chi connectivity index (χ4n) is 2.99. The molecule has 30 heavy (non-hydrogen) atoms. The number of amides is 1. The number of benzene rings is 2. The number of methoxy groups -OCH3 is 1. The highest BCUT2D eigenvalue weighted by atomic mass is 32.1. The number of esters is 1. The molecule has 8 heteroatoms.